The van der Waals surface area contributed by atoms with Crippen molar-refractivity contribution >= 4 is 65.0 Å². The smallest absolute Gasteiger partial charge is 0.136 e. The Morgan fingerprint density at radius 3 is 1.54 bits per heavy atom. The van der Waals surface area contributed by atoms with E-state index >= 15 is 0 Å². The molecule has 0 aliphatic carbocycles. The van der Waals surface area contributed by atoms with Crippen LogP contribution in [-0.2, 0) is 6.42 Å². The third-order valence-corrected chi connectivity index (χ3v) is 11.9. The molecular weight excluding hydrogens is 677 g/mol. The summed E-state index contributed by atoms with van der Waals surface area (Å²) in [4.78, 5) is 0. The number of hydrogen-bond acceptors (Lipinski definition) is 1. The quantitative estimate of drug-likeness (QED) is 0.150. The van der Waals surface area contributed by atoms with E-state index in [-0.39, 0.29) is 5.92 Å². The number of hydrogen-bond donors (Lipinski definition) is 0. The molecule has 56 heavy (non-hydrogen) atoms. The van der Waals surface area contributed by atoms with Crippen molar-refractivity contribution in [2.45, 2.75) is 18.8 Å². The molecule has 264 valence electrons. The molecular formula is C55H38O. The molecule has 0 amide bonds. The number of rotatable bonds is 7. The van der Waals surface area contributed by atoms with Crippen LogP contribution in [0.2, 0.25) is 0 Å². The Kier molecular flexibility index (Phi) is 7.77. The summed E-state index contributed by atoms with van der Waals surface area (Å²) in [6.45, 7) is 0. The lowest BCUT2D eigenvalue weighted by Crippen LogP contribution is -2.04. The van der Waals surface area contributed by atoms with Crippen molar-refractivity contribution in [2.24, 2.45) is 0 Å². The van der Waals surface area contributed by atoms with E-state index in [1.54, 1.807) is 0 Å². The highest BCUT2D eigenvalue weighted by atomic mass is 16.3. The normalized spacial score (nSPS) is 12.4. The van der Waals surface area contributed by atoms with Crippen LogP contribution in [0.25, 0.3) is 87.3 Å². The molecule has 11 aromatic rings. The monoisotopic (exact) mass is 714 g/mol. The largest absolute Gasteiger partial charge is 0.456 e. The SMILES string of the molecule is c1ccc(-c2ccc(C(CCc3ccc4c(c3)oc3cc(-c5ccccc5)c5ccccc5c34)c3ccc4c5ccccc5c5ccccc5c4c3)cc2)cc1. The van der Waals surface area contributed by atoms with Gasteiger partial charge in [0.1, 0.15) is 11.2 Å². The molecule has 10 aromatic carbocycles. The first-order valence-electron chi connectivity index (χ1n) is 19.7. The van der Waals surface area contributed by atoms with Crippen LogP contribution in [0.3, 0.4) is 0 Å². The Labute approximate surface area is 326 Å². The van der Waals surface area contributed by atoms with Crippen LogP contribution in [0.4, 0.5) is 0 Å². The molecule has 0 radical (unpaired) electrons. The van der Waals surface area contributed by atoms with Crippen molar-refractivity contribution in [3.8, 4) is 22.3 Å². The van der Waals surface area contributed by atoms with Gasteiger partial charge in [0, 0.05) is 16.7 Å². The number of benzene rings is 10. The predicted molar refractivity (Wildman–Crippen MR) is 238 cm³/mol. The lowest BCUT2D eigenvalue weighted by Gasteiger charge is -2.20. The zero-order valence-corrected chi connectivity index (χ0v) is 31.0. The van der Waals surface area contributed by atoms with E-state index in [4.69, 9.17) is 4.42 Å². The minimum absolute atomic E-state index is 0.207. The van der Waals surface area contributed by atoms with Crippen molar-refractivity contribution in [2.75, 3.05) is 0 Å². The van der Waals surface area contributed by atoms with Gasteiger partial charge in [-0.25, -0.2) is 0 Å². The third-order valence-electron chi connectivity index (χ3n) is 11.9. The van der Waals surface area contributed by atoms with Gasteiger partial charge in [0.25, 0.3) is 0 Å². The average molecular weight is 715 g/mol. The molecule has 0 fully saturated rings. The van der Waals surface area contributed by atoms with Crippen LogP contribution in [0.15, 0.2) is 205 Å². The van der Waals surface area contributed by atoms with E-state index in [2.05, 4.69) is 200 Å². The Morgan fingerprint density at radius 1 is 0.339 bits per heavy atom. The molecule has 11 rings (SSSR count). The molecule has 1 atom stereocenters. The second kappa shape index (κ2) is 13.4. The third kappa shape index (κ3) is 5.47. The fraction of sp³-hybridized carbons (Fsp3) is 0.0545. The van der Waals surface area contributed by atoms with E-state index < -0.39 is 0 Å². The first-order chi connectivity index (χ1) is 27.8. The summed E-state index contributed by atoms with van der Waals surface area (Å²) in [5.74, 6) is 0.207. The fourth-order valence-corrected chi connectivity index (χ4v) is 9.21. The van der Waals surface area contributed by atoms with Gasteiger partial charge in [-0.15, -0.1) is 0 Å². The van der Waals surface area contributed by atoms with Crippen molar-refractivity contribution in [1.29, 1.82) is 0 Å². The van der Waals surface area contributed by atoms with Crippen LogP contribution >= 0.6 is 0 Å². The lowest BCUT2D eigenvalue weighted by molar-refractivity contribution is 0.666. The van der Waals surface area contributed by atoms with Crippen LogP contribution in [0, 0.1) is 0 Å². The Hall–Kier alpha value is -6.96. The average Bonchev–Trinajstić information content (AvgIpc) is 3.65. The maximum Gasteiger partial charge on any atom is 0.136 e. The molecule has 0 N–H and O–H groups in total. The van der Waals surface area contributed by atoms with Crippen LogP contribution in [-0.4, -0.2) is 0 Å². The topological polar surface area (TPSA) is 13.1 Å². The lowest BCUT2D eigenvalue weighted by atomic mass is 9.83. The summed E-state index contributed by atoms with van der Waals surface area (Å²) in [6.07, 6.45) is 1.89. The Bertz CT molecular complexity index is 3190. The van der Waals surface area contributed by atoms with Gasteiger partial charge in [-0.05, 0) is 113 Å². The highest BCUT2D eigenvalue weighted by Crippen LogP contribution is 2.42. The number of aryl methyl sites for hydroxylation is 1. The first-order valence-corrected chi connectivity index (χ1v) is 19.7. The molecule has 0 spiro atoms. The van der Waals surface area contributed by atoms with Crippen molar-refractivity contribution in [3.05, 3.63) is 217 Å². The van der Waals surface area contributed by atoms with Crippen LogP contribution in [0.5, 0.6) is 0 Å². The van der Waals surface area contributed by atoms with Gasteiger partial charge in [0.05, 0.1) is 0 Å². The van der Waals surface area contributed by atoms with E-state index in [9.17, 15) is 0 Å². The van der Waals surface area contributed by atoms with Crippen LogP contribution in [0.1, 0.15) is 29.0 Å². The van der Waals surface area contributed by atoms with E-state index in [0.29, 0.717) is 0 Å². The highest BCUT2D eigenvalue weighted by Gasteiger charge is 2.19. The summed E-state index contributed by atoms with van der Waals surface area (Å²) in [7, 11) is 0. The van der Waals surface area contributed by atoms with E-state index in [0.717, 1.165) is 24.0 Å². The van der Waals surface area contributed by atoms with Gasteiger partial charge in [-0.3, -0.25) is 0 Å². The zero-order valence-electron chi connectivity index (χ0n) is 31.0. The molecule has 0 saturated heterocycles. The van der Waals surface area contributed by atoms with E-state index in [1.165, 1.54) is 92.8 Å². The molecule has 1 nitrogen and oxygen atoms in total. The predicted octanol–water partition coefficient (Wildman–Crippen LogP) is 15.3. The van der Waals surface area contributed by atoms with E-state index in [1.807, 2.05) is 0 Å². The van der Waals surface area contributed by atoms with Gasteiger partial charge in [-0.1, -0.05) is 182 Å². The number of furan rings is 1. The molecule has 1 heteroatoms. The molecule has 1 aromatic heterocycles. The molecule has 0 aliphatic heterocycles. The minimum Gasteiger partial charge on any atom is -0.456 e. The molecule has 0 aliphatic rings. The number of fused-ring (bicyclic) bond motifs is 11. The van der Waals surface area contributed by atoms with Gasteiger partial charge in [0.2, 0.25) is 0 Å². The van der Waals surface area contributed by atoms with Gasteiger partial charge < -0.3 is 4.42 Å². The summed E-state index contributed by atoms with van der Waals surface area (Å²) >= 11 is 0. The molecule has 0 saturated carbocycles. The molecule has 1 heterocycles. The summed E-state index contributed by atoms with van der Waals surface area (Å²) < 4.78 is 6.72. The van der Waals surface area contributed by atoms with Crippen molar-refractivity contribution < 1.29 is 4.42 Å². The van der Waals surface area contributed by atoms with Gasteiger partial charge in [-0.2, -0.15) is 0 Å². The summed E-state index contributed by atoms with van der Waals surface area (Å²) in [5.41, 5.74) is 10.7. The maximum absolute atomic E-state index is 6.72. The standard InChI is InChI=1S/C55H38O/c1-3-13-37(14-4-1)38-25-27-40(28-26-38)42(41-29-32-48-45-19-8-7-17-43(45)44-18-9-10-20-46(44)52(48)34-41)30-23-36-24-31-50-53(33-36)56-54-35-51(39-15-5-2-6-16-39)47-21-11-12-22-49(47)55(50)54/h1-22,24-29,31-35,42H,23,30H2. The summed E-state index contributed by atoms with van der Waals surface area (Å²) in [6, 6.07) is 73.3. The highest BCUT2D eigenvalue weighted by molar-refractivity contribution is 6.25. The minimum atomic E-state index is 0.207. The molecule has 1 unspecified atom stereocenters. The first kappa shape index (κ1) is 32.5. The van der Waals surface area contributed by atoms with Crippen molar-refractivity contribution in [3.63, 3.8) is 0 Å². The Morgan fingerprint density at radius 2 is 0.857 bits per heavy atom. The second-order valence-corrected chi connectivity index (χ2v) is 15.1. The summed E-state index contributed by atoms with van der Waals surface area (Å²) in [5, 5.41) is 12.7. The van der Waals surface area contributed by atoms with Crippen LogP contribution < -0.4 is 0 Å². The van der Waals surface area contributed by atoms with Gasteiger partial charge >= 0.3 is 0 Å². The Balaban J connectivity index is 1.01. The van der Waals surface area contributed by atoms with Gasteiger partial charge in [0.15, 0.2) is 0 Å². The van der Waals surface area contributed by atoms with Crippen molar-refractivity contribution in [1.82, 2.24) is 0 Å². The molecule has 0 bridgehead atoms. The second-order valence-electron chi connectivity index (χ2n) is 15.1. The fourth-order valence-electron chi connectivity index (χ4n) is 9.21. The zero-order chi connectivity index (χ0) is 37.0. The maximum atomic E-state index is 6.72.